The number of hydrogen-bond donors (Lipinski definition) is 1. The van der Waals surface area contributed by atoms with Crippen LogP contribution in [0.25, 0.3) is 0 Å². The van der Waals surface area contributed by atoms with E-state index >= 15 is 0 Å². The zero-order valence-corrected chi connectivity index (χ0v) is 16.4. The molecule has 0 spiro atoms. The van der Waals surface area contributed by atoms with Gasteiger partial charge in [-0.3, -0.25) is 9.59 Å². The van der Waals surface area contributed by atoms with Crippen molar-refractivity contribution < 1.29 is 9.59 Å². The Balaban J connectivity index is 1.78. The fraction of sp³-hybridized carbons (Fsp3) is 0.300. The van der Waals surface area contributed by atoms with E-state index in [-0.39, 0.29) is 18.2 Å². The summed E-state index contributed by atoms with van der Waals surface area (Å²) in [4.78, 5) is 26.9. The predicted molar refractivity (Wildman–Crippen MR) is 106 cm³/mol. The minimum atomic E-state index is -0.416. The first-order valence-corrected chi connectivity index (χ1v) is 9.15. The zero-order valence-electron chi connectivity index (χ0n) is 14.9. The summed E-state index contributed by atoms with van der Waals surface area (Å²) in [5.41, 5.74) is 4.67. The van der Waals surface area contributed by atoms with Crippen LogP contribution >= 0.6 is 23.2 Å². The molecule has 0 bridgehead atoms. The number of anilines is 2. The van der Waals surface area contributed by atoms with Crippen molar-refractivity contribution in [3.05, 3.63) is 57.1 Å². The average molecular weight is 391 g/mol. The summed E-state index contributed by atoms with van der Waals surface area (Å²) in [5.74, 6) is -0.661. The first-order valence-electron chi connectivity index (χ1n) is 8.40. The molecule has 2 amide bonds. The molecule has 136 valence electrons. The molecule has 0 saturated carbocycles. The lowest BCUT2D eigenvalue weighted by Gasteiger charge is -2.22. The topological polar surface area (TPSA) is 49.4 Å². The SMILES string of the molecule is Cc1cc(C)c(N2CC(C(=O)Nc3cc(Cl)cc(Cl)c3)CC2=O)c(C)c1. The van der Waals surface area contributed by atoms with E-state index in [1.54, 1.807) is 23.1 Å². The quantitative estimate of drug-likeness (QED) is 0.808. The molecular weight excluding hydrogens is 371 g/mol. The van der Waals surface area contributed by atoms with Crippen LogP contribution in [-0.4, -0.2) is 18.4 Å². The van der Waals surface area contributed by atoms with Crippen LogP contribution in [0.1, 0.15) is 23.1 Å². The molecule has 0 aromatic heterocycles. The highest BCUT2D eigenvalue weighted by molar-refractivity contribution is 6.35. The predicted octanol–water partition coefficient (Wildman–Crippen LogP) is 4.91. The van der Waals surface area contributed by atoms with Gasteiger partial charge in [0, 0.05) is 34.4 Å². The van der Waals surface area contributed by atoms with Crippen molar-refractivity contribution in [1.82, 2.24) is 0 Å². The summed E-state index contributed by atoms with van der Waals surface area (Å²) < 4.78 is 0. The van der Waals surface area contributed by atoms with E-state index in [1.807, 2.05) is 20.8 Å². The molecule has 4 nitrogen and oxygen atoms in total. The van der Waals surface area contributed by atoms with Crippen molar-refractivity contribution in [2.45, 2.75) is 27.2 Å². The first-order chi connectivity index (χ1) is 12.2. The zero-order chi connectivity index (χ0) is 19.0. The molecule has 1 unspecified atom stereocenters. The second kappa shape index (κ2) is 7.29. The summed E-state index contributed by atoms with van der Waals surface area (Å²) in [6.45, 7) is 6.37. The number of benzene rings is 2. The van der Waals surface area contributed by atoms with Gasteiger partial charge in [0.2, 0.25) is 11.8 Å². The molecule has 26 heavy (non-hydrogen) atoms. The highest BCUT2D eigenvalue weighted by Gasteiger charge is 2.36. The molecule has 1 N–H and O–H groups in total. The highest BCUT2D eigenvalue weighted by atomic mass is 35.5. The van der Waals surface area contributed by atoms with Gasteiger partial charge in [0.15, 0.2) is 0 Å². The van der Waals surface area contributed by atoms with Gasteiger partial charge in [-0.1, -0.05) is 40.9 Å². The van der Waals surface area contributed by atoms with Gasteiger partial charge in [0.1, 0.15) is 0 Å². The van der Waals surface area contributed by atoms with Crippen LogP contribution in [-0.2, 0) is 9.59 Å². The monoisotopic (exact) mass is 390 g/mol. The molecule has 1 aliphatic heterocycles. The molecule has 1 heterocycles. The Bertz CT molecular complexity index is 852. The van der Waals surface area contributed by atoms with E-state index in [4.69, 9.17) is 23.2 Å². The standard InChI is InChI=1S/C20H20Cl2N2O2/c1-11-4-12(2)19(13(3)5-11)24-10-14(6-18(24)25)20(26)23-17-8-15(21)7-16(22)9-17/h4-5,7-9,14H,6,10H2,1-3H3,(H,23,26). The average Bonchev–Trinajstić information content (AvgIpc) is 2.87. The molecule has 0 radical (unpaired) electrons. The molecule has 1 fully saturated rings. The van der Waals surface area contributed by atoms with E-state index in [2.05, 4.69) is 17.4 Å². The third kappa shape index (κ3) is 3.87. The number of carbonyl (C=O) groups is 2. The summed E-state index contributed by atoms with van der Waals surface area (Å²) in [7, 11) is 0. The van der Waals surface area contributed by atoms with Crippen LogP contribution in [0.2, 0.25) is 10.0 Å². The molecule has 3 rings (SSSR count). The molecule has 1 atom stereocenters. The fourth-order valence-corrected chi connectivity index (χ4v) is 4.09. The van der Waals surface area contributed by atoms with Gasteiger partial charge in [0.05, 0.1) is 5.92 Å². The van der Waals surface area contributed by atoms with Crippen molar-refractivity contribution in [2.24, 2.45) is 5.92 Å². The summed E-state index contributed by atoms with van der Waals surface area (Å²) in [5, 5.41) is 3.70. The normalized spacial score (nSPS) is 16.9. The summed E-state index contributed by atoms with van der Waals surface area (Å²) >= 11 is 11.9. The first kappa shape index (κ1) is 18.7. The van der Waals surface area contributed by atoms with E-state index in [1.165, 1.54) is 0 Å². The molecule has 1 saturated heterocycles. The van der Waals surface area contributed by atoms with Gasteiger partial charge in [-0.05, 0) is 50.1 Å². The number of nitrogens with one attached hydrogen (secondary N) is 1. The summed E-state index contributed by atoms with van der Waals surface area (Å²) in [6.07, 6.45) is 0.187. The van der Waals surface area contributed by atoms with Crippen molar-refractivity contribution >= 4 is 46.4 Å². The maximum atomic E-state index is 12.6. The Hall–Kier alpha value is -2.04. The van der Waals surface area contributed by atoms with Gasteiger partial charge in [-0.15, -0.1) is 0 Å². The van der Waals surface area contributed by atoms with Gasteiger partial charge >= 0.3 is 0 Å². The Morgan fingerprint density at radius 3 is 2.19 bits per heavy atom. The molecular formula is C20H20Cl2N2O2. The van der Waals surface area contributed by atoms with Crippen LogP contribution in [0, 0.1) is 26.7 Å². The molecule has 6 heteroatoms. The number of amides is 2. The number of carbonyl (C=O) groups excluding carboxylic acids is 2. The second-order valence-corrected chi connectivity index (χ2v) is 7.67. The smallest absolute Gasteiger partial charge is 0.229 e. The minimum Gasteiger partial charge on any atom is -0.326 e. The van der Waals surface area contributed by atoms with Crippen LogP contribution in [0.15, 0.2) is 30.3 Å². The third-order valence-electron chi connectivity index (χ3n) is 4.53. The van der Waals surface area contributed by atoms with Crippen molar-refractivity contribution in [2.75, 3.05) is 16.8 Å². The van der Waals surface area contributed by atoms with Crippen LogP contribution in [0.3, 0.4) is 0 Å². The number of aryl methyl sites for hydroxylation is 3. The molecule has 2 aromatic rings. The number of halogens is 2. The minimum absolute atomic E-state index is 0.0377. The fourth-order valence-electron chi connectivity index (χ4n) is 3.57. The van der Waals surface area contributed by atoms with Gasteiger partial charge in [0.25, 0.3) is 0 Å². The van der Waals surface area contributed by atoms with Crippen molar-refractivity contribution in [3.63, 3.8) is 0 Å². The van der Waals surface area contributed by atoms with E-state index < -0.39 is 5.92 Å². The Kier molecular flexibility index (Phi) is 5.26. The molecule has 1 aliphatic rings. The number of nitrogens with zero attached hydrogens (tertiary/aromatic N) is 1. The van der Waals surface area contributed by atoms with Crippen LogP contribution in [0.4, 0.5) is 11.4 Å². The lowest BCUT2D eigenvalue weighted by atomic mass is 10.0. The summed E-state index contributed by atoms with van der Waals surface area (Å²) in [6, 6.07) is 8.97. The van der Waals surface area contributed by atoms with Crippen molar-refractivity contribution in [1.29, 1.82) is 0 Å². The Morgan fingerprint density at radius 2 is 1.62 bits per heavy atom. The lowest BCUT2D eigenvalue weighted by molar-refractivity contribution is -0.122. The van der Waals surface area contributed by atoms with Crippen molar-refractivity contribution in [3.8, 4) is 0 Å². The van der Waals surface area contributed by atoms with Gasteiger partial charge < -0.3 is 10.2 Å². The maximum Gasteiger partial charge on any atom is 0.229 e. The Labute approximate surface area is 163 Å². The van der Waals surface area contributed by atoms with Crippen LogP contribution in [0.5, 0.6) is 0 Å². The van der Waals surface area contributed by atoms with Gasteiger partial charge in [-0.25, -0.2) is 0 Å². The highest BCUT2D eigenvalue weighted by Crippen LogP contribution is 2.32. The van der Waals surface area contributed by atoms with Crippen LogP contribution < -0.4 is 10.2 Å². The number of rotatable bonds is 3. The number of hydrogen-bond acceptors (Lipinski definition) is 2. The molecule has 0 aliphatic carbocycles. The third-order valence-corrected chi connectivity index (χ3v) is 4.97. The van der Waals surface area contributed by atoms with E-state index in [0.29, 0.717) is 22.3 Å². The maximum absolute atomic E-state index is 12.6. The lowest BCUT2D eigenvalue weighted by Crippen LogP contribution is -2.29. The van der Waals surface area contributed by atoms with E-state index in [9.17, 15) is 9.59 Å². The van der Waals surface area contributed by atoms with Gasteiger partial charge in [-0.2, -0.15) is 0 Å². The second-order valence-electron chi connectivity index (χ2n) is 6.80. The molecule has 2 aromatic carbocycles. The largest absolute Gasteiger partial charge is 0.326 e. The van der Waals surface area contributed by atoms with E-state index in [0.717, 1.165) is 22.4 Å². The Morgan fingerprint density at radius 1 is 1.04 bits per heavy atom.